The van der Waals surface area contributed by atoms with Crippen LogP contribution in [0.15, 0.2) is 16.7 Å². The Bertz CT molecular complexity index is 592. The van der Waals surface area contributed by atoms with Crippen LogP contribution < -0.4 is 10.0 Å². The van der Waals surface area contributed by atoms with Crippen molar-refractivity contribution in [1.82, 2.24) is 14.6 Å². The molecule has 0 saturated carbocycles. The number of nitrogens with one attached hydrogen (secondary N) is 2. The highest BCUT2D eigenvalue weighted by molar-refractivity contribution is 9.10. The lowest BCUT2D eigenvalue weighted by atomic mass is 10.1. The molecule has 2 heterocycles. The Morgan fingerprint density at radius 1 is 1.48 bits per heavy atom. The molecule has 2 N–H and O–H groups in total. The van der Waals surface area contributed by atoms with Crippen molar-refractivity contribution in [3.05, 3.63) is 22.3 Å². The molecule has 21 heavy (non-hydrogen) atoms. The van der Waals surface area contributed by atoms with E-state index in [1.54, 1.807) is 16.6 Å². The smallest absolute Gasteiger partial charge is 0.303 e. The second-order valence-electron chi connectivity index (χ2n) is 5.24. The number of pyridine rings is 1. The Labute approximate surface area is 134 Å². The molecule has 1 atom stereocenters. The highest BCUT2D eigenvalue weighted by atomic mass is 79.9. The molecule has 2 rings (SSSR count). The van der Waals surface area contributed by atoms with Gasteiger partial charge in [-0.15, -0.1) is 0 Å². The minimum atomic E-state index is -3.57. The number of halogens is 1. The average molecular weight is 377 g/mol. The van der Waals surface area contributed by atoms with E-state index >= 15 is 0 Å². The van der Waals surface area contributed by atoms with Gasteiger partial charge < -0.3 is 5.32 Å². The van der Waals surface area contributed by atoms with Gasteiger partial charge in [-0.05, 0) is 54.4 Å². The number of aromatic nitrogens is 1. The lowest BCUT2D eigenvalue weighted by Gasteiger charge is -2.34. The summed E-state index contributed by atoms with van der Waals surface area (Å²) in [4.78, 5) is 4.11. The molecule has 1 saturated heterocycles. The maximum atomic E-state index is 12.6. The average Bonchev–Trinajstić information content (AvgIpc) is 2.43. The predicted molar refractivity (Wildman–Crippen MR) is 87.5 cm³/mol. The lowest BCUT2D eigenvalue weighted by Crippen LogP contribution is -2.50. The van der Waals surface area contributed by atoms with Gasteiger partial charge in [0.1, 0.15) is 5.82 Å². The van der Waals surface area contributed by atoms with Crippen LogP contribution in [0.3, 0.4) is 0 Å². The van der Waals surface area contributed by atoms with Crippen molar-refractivity contribution in [2.75, 3.05) is 24.9 Å². The van der Waals surface area contributed by atoms with E-state index < -0.39 is 10.2 Å². The van der Waals surface area contributed by atoms with E-state index in [2.05, 4.69) is 31.0 Å². The van der Waals surface area contributed by atoms with Gasteiger partial charge in [-0.1, -0.05) is 6.42 Å². The van der Waals surface area contributed by atoms with Crippen LogP contribution in [-0.4, -0.2) is 43.9 Å². The van der Waals surface area contributed by atoms with Gasteiger partial charge in [0.15, 0.2) is 0 Å². The number of likely N-dealkylation sites (N-methyl/N-ethyl adjacent to an activating group) is 1. The molecule has 0 radical (unpaired) electrons. The molecule has 6 nitrogen and oxygen atoms in total. The van der Waals surface area contributed by atoms with Crippen molar-refractivity contribution >= 4 is 32.0 Å². The van der Waals surface area contributed by atoms with Crippen LogP contribution in [0.25, 0.3) is 0 Å². The summed E-state index contributed by atoms with van der Waals surface area (Å²) in [5, 5.41) is 3.06. The SMILES string of the molecule is CNCC1CCCCN1S(=O)(=O)Nc1cc(C)c(Br)cn1. The first kappa shape index (κ1) is 16.7. The largest absolute Gasteiger partial charge is 0.318 e. The summed E-state index contributed by atoms with van der Waals surface area (Å²) in [5.41, 5.74) is 0.938. The van der Waals surface area contributed by atoms with Gasteiger partial charge in [0.25, 0.3) is 0 Å². The monoisotopic (exact) mass is 376 g/mol. The second-order valence-corrected chi connectivity index (χ2v) is 7.72. The molecule has 0 aromatic carbocycles. The molecule has 1 unspecified atom stereocenters. The van der Waals surface area contributed by atoms with E-state index in [4.69, 9.17) is 0 Å². The maximum Gasteiger partial charge on any atom is 0.303 e. The van der Waals surface area contributed by atoms with Gasteiger partial charge >= 0.3 is 10.2 Å². The first-order valence-corrected chi connectivity index (χ1v) is 9.23. The third-order valence-corrected chi connectivity index (χ3v) is 6.00. The zero-order valence-electron chi connectivity index (χ0n) is 12.3. The van der Waals surface area contributed by atoms with Crippen molar-refractivity contribution in [3.8, 4) is 0 Å². The maximum absolute atomic E-state index is 12.6. The summed E-state index contributed by atoms with van der Waals surface area (Å²) in [6, 6.07) is 1.72. The number of piperidine rings is 1. The van der Waals surface area contributed by atoms with E-state index in [1.165, 1.54) is 0 Å². The van der Waals surface area contributed by atoms with Crippen molar-refractivity contribution in [3.63, 3.8) is 0 Å². The Hall–Kier alpha value is -0.700. The third kappa shape index (κ3) is 4.15. The van der Waals surface area contributed by atoms with E-state index in [0.717, 1.165) is 29.3 Å². The summed E-state index contributed by atoms with van der Waals surface area (Å²) < 4.78 is 30.1. The van der Waals surface area contributed by atoms with Gasteiger partial charge in [-0.3, -0.25) is 4.72 Å². The number of aryl methyl sites for hydroxylation is 1. The number of hydrogen-bond acceptors (Lipinski definition) is 4. The van der Waals surface area contributed by atoms with Crippen LogP contribution in [0.4, 0.5) is 5.82 Å². The molecular formula is C13H21BrN4O2S. The zero-order valence-corrected chi connectivity index (χ0v) is 14.7. The fourth-order valence-electron chi connectivity index (χ4n) is 2.52. The number of hydrogen-bond donors (Lipinski definition) is 2. The molecule has 0 amide bonds. The second kappa shape index (κ2) is 7.04. The minimum absolute atomic E-state index is 0.00204. The van der Waals surface area contributed by atoms with Crippen LogP contribution >= 0.6 is 15.9 Å². The minimum Gasteiger partial charge on any atom is -0.318 e. The quantitative estimate of drug-likeness (QED) is 0.822. The molecule has 1 aliphatic heterocycles. The zero-order chi connectivity index (χ0) is 15.5. The van der Waals surface area contributed by atoms with Crippen molar-refractivity contribution in [2.24, 2.45) is 0 Å². The molecule has 0 aliphatic carbocycles. The fourth-order valence-corrected chi connectivity index (χ4v) is 4.17. The van der Waals surface area contributed by atoms with E-state index in [-0.39, 0.29) is 6.04 Å². The Balaban J connectivity index is 2.17. The van der Waals surface area contributed by atoms with Gasteiger partial charge in [0.05, 0.1) is 0 Å². The Kier molecular flexibility index (Phi) is 5.59. The molecule has 8 heteroatoms. The van der Waals surface area contributed by atoms with Gasteiger partial charge in [-0.2, -0.15) is 12.7 Å². The summed E-state index contributed by atoms with van der Waals surface area (Å²) in [5.74, 6) is 0.351. The first-order chi connectivity index (χ1) is 9.94. The topological polar surface area (TPSA) is 74.3 Å². The predicted octanol–water partition coefficient (Wildman–Crippen LogP) is 1.88. The van der Waals surface area contributed by atoms with Crippen LogP contribution in [0.1, 0.15) is 24.8 Å². The van der Waals surface area contributed by atoms with Gasteiger partial charge in [0.2, 0.25) is 0 Å². The van der Waals surface area contributed by atoms with Crippen molar-refractivity contribution < 1.29 is 8.42 Å². The van der Waals surface area contributed by atoms with E-state index in [9.17, 15) is 8.42 Å². The highest BCUT2D eigenvalue weighted by Gasteiger charge is 2.32. The van der Waals surface area contributed by atoms with Gasteiger partial charge in [-0.25, -0.2) is 4.98 Å². The summed E-state index contributed by atoms with van der Waals surface area (Å²) in [6.45, 7) is 3.11. The Morgan fingerprint density at radius 2 is 2.24 bits per heavy atom. The standard InChI is InChI=1S/C13H21BrN4O2S/c1-10-7-13(16-9-12(10)14)17-21(19,20)18-6-4-3-5-11(18)8-15-2/h7,9,11,15H,3-6,8H2,1-2H3,(H,16,17). The summed E-state index contributed by atoms with van der Waals surface area (Å²) >= 11 is 3.36. The molecule has 1 fully saturated rings. The molecule has 1 aromatic heterocycles. The summed E-state index contributed by atoms with van der Waals surface area (Å²) in [6.07, 6.45) is 4.45. The number of nitrogens with zero attached hydrogens (tertiary/aromatic N) is 2. The van der Waals surface area contributed by atoms with Crippen molar-refractivity contribution in [2.45, 2.75) is 32.2 Å². The highest BCUT2D eigenvalue weighted by Crippen LogP contribution is 2.23. The molecule has 1 aliphatic rings. The van der Waals surface area contributed by atoms with E-state index in [0.29, 0.717) is 18.9 Å². The normalized spacial score (nSPS) is 20.4. The lowest BCUT2D eigenvalue weighted by molar-refractivity contribution is 0.250. The summed E-state index contributed by atoms with van der Waals surface area (Å²) in [7, 11) is -1.73. The molecule has 118 valence electrons. The van der Waals surface area contributed by atoms with Crippen molar-refractivity contribution in [1.29, 1.82) is 0 Å². The van der Waals surface area contributed by atoms with Crippen LogP contribution in [0.5, 0.6) is 0 Å². The molecule has 0 bridgehead atoms. The molecule has 0 spiro atoms. The first-order valence-electron chi connectivity index (χ1n) is 7.00. The third-order valence-electron chi connectivity index (χ3n) is 3.60. The Morgan fingerprint density at radius 3 is 2.90 bits per heavy atom. The number of anilines is 1. The van der Waals surface area contributed by atoms with Crippen LogP contribution in [0, 0.1) is 6.92 Å². The van der Waals surface area contributed by atoms with E-state index in [1.807, 2.05) is 14.0 Å². The van der Waals surface area contributed by atoms with Gasteiger partial charge in [0, 0.05) is 29.8 Å². The number of rotatable bonds is 5. The molecular weight excluding hydrogens is 356 g/mol. The fraction of sp³-hybridized carbons (Fsp3) is 0.615. The van der Waals surface area contributed by atoms with Crippen LogP contribution in [-0.2, 0) is 10.2 Å². The molecule has 1 aromatic rings. The van der Waals surface area contributed by atoms with Crippen LogP contribution in [0.2, 0.25) is 0 Å².